The summed E-state index contributed by atoms with van der Waals surface area (Å²) in [4.78, 5) is 3.28. The van der Waals surface area contributed by atoms with Gasteiger partial charge < -0.3 is 9.41 Å². The van der Waals surface area contributed by atoms with Gasteiger partial charge in [-0.25, -0.2) is 0 Å². The minimum absolute atomic E-state index is 0.228. The highest BCUT2D eigenvalue weighted by Gasteiger charge is 2.38. The Kier molecular flexibility index (Phi) is 3.53. The summed E-state index contributed by atoms with van der Waals surface area (Å²) in [5, 5.41) is 1.49. The first-order valence-corrected chi connectivity index (χ1v) is 10.1. The molecule has 1 aromatic heterocycles. The molecule has 0 aliphatic heterocycles. The van der Waals surface area contributed by atoms with E-state index in [1.165, 1.54) is 8.96 Å². The Morgan fingerprint density at radius 1 is 1.22 bits per heavy atom. The number of rotatable bonds is 2. The van der Waals surface area contributed by atoms with Gasteiger partial charge in [0.25, 0.3) is 0 Å². The van der Waals surface area contributed by atoms with Crippen molar-refractivity contribution in [1.82, 2.24) is 4.98 Å². The first-order chi connectivity index (χ1) is 8.21. The van der Waals surface area contributed by atoms with Gasteiger partial charge in [0.1, 0.15) is 5.75 Å². The molecule has 0 radical (unpaired) electrons. The minimum atomic E-state index is -1.74. The lowest BCUT2D eigenvalue weighted by molar-refractivity contribution is 0.493. The Hall–Kier alpha value is -0.493. The fourth-order valence-electron chi connectivity index (χ4n) is 1.58. The van der Waals surface area contributed by atoms with Crippen LogP contribution in [0.2, 0.25) is 18.1 Å². The van der Waals surface area contributed by atoms with E-state index in [1.807, 2.05) is 6.20 Å². The molecule has 18 heavy (non-hydrogen) atoms. The van der Waals surface area contributed by atoms with Crippen molar-refractivity contribution >= 4 is 41.8 Å². The minimum Gasteiger partial charge on any atom is -0.543 e. The predicted molar refractivity (Wildman–Crippen MR) is 88.8 cm³/mol. The standard InChI is InChI=1S/C14H20INOSi/c1-14(2,3)18(4,5)17-10-6-7-11-12(15)9-16-13(11)8-10/h6-9,16H,1-5H3. The molecule has 2 nitrogen and oxygen atoms in total. The maximum absolute atomic E-state index is 6.30. The number of halogens is 1. The monoisotopic (exact) mass is 373 g/mol. The maximum atomic E-state index is 6.30. The Labute approximate surface area is 123 Å². The number of H-pyrrole nitrogens is 1. The summed E-state index contributed by atoms with van der Waals surface area (Å²) in [5.41, 5.74) is 1.15. The summed E-state index contributed by atoms with van der Waals surface area (Å²) in [7, 11) is -1.74. The molecule has 0 unspecified atom stereocenters. The van der Waals surface area contributed by atoms with Crippen LogP contribution >= 0.6 is 22.6 Å². The van der Waals surface area contributed by atoms with Crippen molar-refractivity contribution < 1.29 is 4.43 Å². The number of hydrogen-bond donors (Lipinski definition) is 1. The van der Waals surface area contributed by atoms with E-state index >= 15 is 0 Å². The third-order valence-electron chi connectivity index (χ3n) is 3.78. The van der Waals surface area contributed by atoms with Crippen LogP contribution in [-0.4, -0.2) is 13.3 Å². The van der Waals surface area contributed by atoms with Crippen molar-refractivity contribution in [3.05, 3.63) is 28.0 Å². The molecule has 1 N–H and O–H groups in total. The van der Waals surface area contributed by atoms with E-state index in [2.05, 4.69) is 79.6 Å². The Balaban J connectivity index is 2.33. The molecule has 0 bridgehead atoms. The molecule has 1 aromatic carbocycles. The van der Waals surface area contributed by atoms with E-state index in [0.29, 0.717) is 0 Å². The van der Waals surface area contributed by atoms with Gasteiger partial charge in [0.2, 0.25) is 8.32 Å². The number of aromatic nitrogens is 1. The predicted octanol–water partition coefficient (Wildman–Crippen LogP) is 5.16. The molecule has 0 spiro atoms. The SMILES string of the molecule is CC(C)(C)[Si](C)(C)Oc1ccc2c(I)c[nH]c2c1. The molecule has 0 amide bonds. The molecule has 0 aliphatic rings. The summed E-state index contributed by atoms with van der Waals surface area (Å²) >= 11 is 2.34. The van der Waals surface area contributed by atoms with Crippen molar-refractivity contribution in [3.63, 3.8) is 0 Å². The summed E-state index contributed by atoms with van der Waals surface area (Å²) in [6.07, 6.45) is 2.03. The highest BCUT2D eigenvalue weighted by molar-refractivity contribution is 14.1. The van der Waals surface area contributed by atoms with E-state index < -0.39 is 8.32 Å². The van der Waals surface area contributed by atoms with Crippen molar-refractivity contribution in [1.29, 1.82) is 0 Å². The molecular weight excluding hydrogens is 353 g/mol. The molecule has 0 atom stereocenters. The zero-order chi connectivity index (χ0) is 13.6. The number of benzene rings is 1. The number of aromatic amines is 1. The lowest BCUT2D eigenvalue weighted by atomic mass is 10.2. The molecule has 0 saturated carbocycles. The molecular formula is C14H20INOSi. The second-order valence-electron chi connectivity index (χ2n) is 6.21. The molecule has 0 saturated heterocycles. The number of nitrogens with one attached hydrogen (secondary N) is 1. The van der Waals surface area contributed by atoms with Crippen LogP contribution in [0.15, 0.2) is 24.4 Å². The summed E-state index contributed by atoms with van der Waals surface area (Å²) in [6.45, 7) is 11.3. The van der Waals surface area contributed by atoms with Crippen molar-refractivity contribution in [2.45, 2.75) is 38.9 Å². The lowest BCUT2D eigenvalue weighted by Crippen LogP contribution is -2.43. The molecule has 1 heterocycles. The van der Waals surface area contributed by atoms with Gasteiger partial charge in [-0.1, -0.05) is 20.8 Å². The van der Waals surface area contributed by atoms with Gasteiger partial charge in [0, 0.05) is 21.2 Å². The highest BCUT2D eigenvalue weighted by Crippen LogP contribution is 2.38. The average molecular weight is 373 g/mol. The van der Waals surface area contributed by atoms with Crippen LogP contribution in [0.4, 0.5) is 0 Å². The molecule has 2 rings (SSSR count). The summed E-state index contributed by atoms with van der Waals surface area (Å²) in [6, 6.07) is 6.33. The van der Waals surface area contributed by atoms with Crippen LogP contribution in [0.25, 0.3) is 10.9 Å². The smallest absolute Gasteiger partial charge is 0.250 e. The van der Waals surface area contributed by atoms with E-state index in [9.17, 15) is 0 Å². The van der Waals surface area contributed by atoms with E-state index in [0.717, 1.165) is 11.3 Å². The van der Waals surface area contributed by atoms with Crippen LogP contribution in [0.3, 0.4) is 0 Å². The second kappa shape index (κ2) is 4.56. The van der Waals surface area contributed by atoms with E-state index in [-0.39, 0.29) is 5.04 Å². The molecule has 0 aliphatic carbocycles. The fourth-order valence-corrected chi connectivity index (χ4v) is 3.23. The molecule has 2 aromatic rings. The first kappa shape index (κ1) is 13.9. The maximum Gasteiger partial charge on any atom is 0.250 e. The highest BCUT2D eigenvalue weighted by atomic mass is 127. The third kappa shape index (κ3) is 2.59. The topological polar surface area (TPSA) is 25.0 Å². The quantitative estimate of drug-likeness (QED) is 0.571. The molecule has 4 heteroatoms. The summed E-state index contributed by atoms with van der Waals surface area (Å²) < 4.78 is 7.55. The van der Waals surface area contributed by atoms with Crippen LogP contribution in [0, 0.1) is 3.57 Å². The van der Waals surface area contributed by atoms with Crippen molar-refractivity contribution in [2.24, 2.45) is 0 Å². The Bertz CT molecular complexity index is 569. The largest absolute Gasteiger partial charge is 0.543 e. The van der Waals surface area contributed by atoms with Crippen molar-refractivity contribution in [2.75, 3.05) is 0 Å². The molecule has 98 valence electrons. The van der Waals surface area contributed by atoms with Gasteiger partial charge in [0.05, 0.1) is 5.52 Å². The second-order valence-corrected chi connectivity index (χ2v) is 12.1. The van der Waals surface area contributed by atoms with E-state index in [1.54, 1.807) is 0 Å². The average Bonchev–Trinajstić information content (AvgIpc) is 2.58. The number of hydrogen-bond acceptors (Lipinski definition) is 1. The third-order valence-corrected chi connectivity index (χ3v) is 9.03. The normalized spacial score (nSPS) is 13.0. The zero-order valence-corrected chi connectivity index (χ0v) is 14.8. The zero-order valence-electron chi connectivity index (χ0n) is 11.6. The lowest BCUT2D eigenvalue weighted by Gasteiger charge is -2.36. The van der Waals surface area contributed by atoms with Crippen LogP contribution in [0.1, 0.15) is 20.8 Å². The van der Waals surface area contributed by atoms with Gasteiger partial charge in [-0.2, -0.15) is 0 Å². The summed E-state index contributed by atoms with van der Waals surface area (Å²) in [5.74, 6) is 0.979. The fraction of sp³-hybridized carbons (Fsp3) is 0.429. The van der Waals surface area contributed by atoms with E-state index in [4.69, 9.17) is 4.43 Å². The van der Waals surface area contributed by atoms with Crippen LogP contribution < -0.4 is 4.43 Å². The van der Waals surface area contributed by atoms with Gasteiger partial charge in [-0.3, -0.25) is 0 Å². The van der Waals surface area contributed by atoms with Gasteiger partial charge >= 0.3 is 0 Å². The van der Waals surface area contributed by atoms with Gasteiger partial charge in [-0.15, -0.1) is 0 Å². The Morgan fingerprint density at radius 3 is 2.50 bits per heavy atom. The van der Waals surface area contributed by atoms with Crippen LogP contribution in [-0.2, 0) is 0 Å². The Morgan fingerprint density at radius 2 is 1.89 bits per heavy atom. The van der Waals surface area contributed by atoms with Gasteiger partial charge in [-0.05, 0) is 52.9 Å². The first-order valence-electron chi connectivity index (χ1n) is 6.16. The van der Waals surface area contributed by atoms with Crippen molar-refractivity contribution in [3.8, 4) is 5.75 Å². The molecule has 0 fully saturated rings. The number of fused-ring (bicyclic) bond motifs is 1. The van der Waals surface area contributed by atoms with Crippen LogP contribution in [0.5, 0.6) is 5.75 Å². The van der Waals surface area contributed by atoms with Gasteiger partial charge in [0.15, 0.2) is 0 Å².